The Balaban J connectivity index is 2.10. The van der Waals surface area contributed by atoms with Gasteiger partial charge in [0.15, 0.2) is 5.78 Å². The first kappa shape index (κ1) is 11.8. The first-order chi connectivity index (χ1) is 8.20. The molecule has 3 nitrogen and oxygen atoms in total. The van der Waals surface area contributed by atoms with Gasteiger partial charge in [-0.2, -0.15) is 0 Å². The molecule has 0 amide bonds. The van der Waals surface area contributed by atoms with Crippen molar-refractivity contribution < 1.29 is 9.53 Å². The van der Waals surface area contributed by atoms with Gasteiger partial charge >= 0.3 is 0 Å². The van der Waals surface area contributed by atoms with Crippen LogP contribution < -0.4 is 4.74 Å². The lowest BCUT2D eigenvalue weighted by molar-refractivity contribution is 0.0996. The number of carbonyl (C=O) groups excluding carboxylic acids is 1. The van der Waals surface area contributed by atoms with Gasteiger partial charge in [0.2, 0.25) is 5.88 Å². The molecule has 0 fully saturated rings. The number of nitrogens with zero attached hydrogens (tertiary/aromatic N) is 1. The largest absolute Gasteiger partial charge is 0.481 e. The molecule has 2 aromatic rings. The van der Waals surface area contributed by atoms with E-state index in [4.69, 9.17) is 4.74 Å². The quantitative estimate of drug-likeness (QED) is 0.780. The van der Waals surface area contributed by atoms with E-state index in [1.165, 1.54) is 11.3 Å². The minimum atomic E-state index is 0.143. The van der Waals surface area contributed by atoms with Crippen LogP contribution in [0.15, 0.2) is 29.8 Å². The number of Topliss-reactive ketones (excluding diaryl/α,β-unsaturated/α-hetero) is 1. The van der Waals surface area contributed by atoms with Crippen LogP contribution in [-0.4, -0.2) is 17.9 Å². The molecular formula is C13H13NO2S. The fourth-order valence-electron chi connectivity index (χ4n) is 1.56. The summed E-state index contributed by atoms with van der Waals surface area (Å²) in [6.45, 7) is 1.95. The van der Waals surface area contributed by atoms with Gasteiger partial charge in [0.05, 0.1) is 12.0 Å². The minimum absolute atomic E-state index is 0.143. The van der Waals surface area contributed by atoms with Crippen LogP contribution in [0.25, 0.3) is 0 Å². The number of carbonyl (C=O) groups is 1. The van der Waals surface area contributed by atoms with Crippen LogP contribution in [0, 0.1) is 6.92 Å². The number of hydrogen-bond donors (Lipinski definition) is 0. The lowest BCUT2D eigenvalue weighted by atomic mass is 10.1. The Labute approximate surface area is 104 Å². The minimum Gasteiger partial charge on any atom is -0.481 e. The van der Waals surface area contributed by atoms with E-state index < -0.39 is 0 Å². The third kappa shape index (κ3) is 2.71. The molecule has 2 aromatic heterocycles. The predicted molar refractivity (Wildman–Crippen MR) is 67.9 cm³/mol. The highest BCUT2D eigenvalue weighted by atomic mass is 32.1. The van der Waals surface area contributed by atoms with Gasteiger partial charge in [0, 0.05) is 18.7 Å². The molecule has 0 saturated heterocycles. The number of aromatic nitrogens is 1. The van der Waals surface area contributed by atoms with Gasteiger partial charge in [-0.25, -0.2) is 4.98 Å². The van der Waals surface area contributed by atoms with Crippen molar-refractivity contribution in [1.29, 1.82) is 0 Å². The molecular weight excluding hydrogens is 234 g/mol. The van der Waals surface area contributed by atoms with E-state index in [0.717, 1.165) is 16.0 Å². The van der Waals surface area contributed by atoms with E-state index in [2.05, 4.69) is 4.98 Å². The molecule has 0 aromatic carbocycles. The zero-order valence-electron chi connectivity index (χ0n) is 9.77. The summed E-state index contributed by atoms with van der Waals surface area (Å²) in [5.74, 6) is 0.706. The fourth-order valence-corrected chi connectivity index (χ4v) is 2.43. The Morgan fingerprint density at radius 2 is 2.24 bits per heavy atom. The fraction of sp³-hybridized carbons (Fsp3) is 0.231. The monoisotopic (exact) mass is 247 g/mol. The highest BCUT2D eigenvalue weighted by molar-refractivity contribution is 7.12. The van der Waals surface area contributed by atoms with Crippen LogP contribution in [-0.2, 0) is 6.42 Å². The highest BCUT2D eigenvalue weighted by Crippen LogP contribution is 2.18. The molecule has 0 aliphatic heterocycles. The summed E-state index contributed by atoms with van der Waals surface area (Å²) < 4.78 is 4.97. The second-order valence-corrected chi connectivity index (χ2v) is 4.66. The molecule has 88 valence electrons. The zero-order chi connectivity index (χ0) is 12.3. The molecule has 0 aliphatic carbocycles. The van der Waals surface area contributed by atoms with Crippen molar-refractivity contribution in [1.82, 2.24) is 4.98 Å². The number of methoxy groups -OCH3 is 1. The van der Waals surface area contributed by atoms with Crippen molar-refractivity contribution in [3.8, 4) is 5.88 Å². The van der Waals surface area contributed by atoms with Crippen LogP contribution >= 0.6 is 11.3 Å². The second-order valence-electron chi connectivity index (χ2n) is 3.74. The number of ketones is 1. The topological polar surface area (TPSA) is 39.2 Å². The highest BCUT2D eigenvalue weighted by Gasteiger charge is 2.11. The first-order valence-electron chi connectivity index (χ1n) is 5.27. The molecule has 0 unspecified atom stereocenters. The van der Waals surface area contributed by atoms with Crippen molar-refractivity contribution in [3.05, 3.63) is 45.8 Å². The Hall–Kier alpha value is -1.68. The van der Waals surface area contributed by atoms with Crippen molar-refractivity contribution in [2.75, 3.05) is 7.11 Å². The number of ether oxygens (including phenoxy) is 1. The maximum Gasteiger partial charge on any atom is 0.212 e. The van der Waals surface area contributed by atoms with Crippen molar-refractivity contribution in [2.24, 2.45) is 0 Å². The third-order valence-electron chi connectivity index (χ3n) is 2.49. The van der Waals surface area contributed by atoms with Gasteiger partial charge in [-0.3, -0.25) is 4.79 Å². The molecule has 17 heavy (non-hydrogen) atoms. The third-order valence-corrected chi connectivity index (χ3v) is 3.54. The Morgan fingerprint density at radius 1 is 1.41 bits per heavy atom. The summed E-state index contributed by atoms with van der Waals surface area (Å²) in [6, 6.07) is 5.60. The summed E-state index contributed by atoms with van der Waals surface area (Å²) in [6.07, 6.45) is 2.07. The van der Waals surface area contributed by atoms with Gasteiger partial charge in [-0.05, 0) is 29.5 Å². The average molecular weight is 247 g/mol. The number of thiophene rings is 1. The summed E-state index contributed by atoms with van der Waals surface area (Å²) in [4.78, 5) is 16.9. The Morgan fingerprint density at radius 3 is 2.76 bits per heavy atom. The smallest absolute Gasteiger partial charge is 0.212 e. The van der Waals surface area contributed by atoms with Gasteiger partial charge in [0.25, 0.3) is 0 Å². The second kappa shape index (κ2) is 5.10. The number of pyridine rings is 1. The lowest BCUT2D eigenvalue weighted by Gasteiger charge is -2.02. The van der Waals surface area contributed by atoms with Crippen LogP contribution in [0.1, 0.15) is 20.8 Å². The van der Waals surface area contributed by atoms with E-state index in [0.29, 0.717) is 12.3 Å². The number of hydrogen-bond acceptors (Lipinski definition) is 4. The zero-order valence-corrected chi connectivity index (χ0v) is 10.6. The van der Waals surface area contributed by atoms with Crippen LogP contribution in [0.2, 0.25) is 0 Å². The Kier molecular flexibility index (Phi) is 3.54. The number of rotatable bonds is 4. The molecule has 0 radical (unpaired) electrons. The van der Waals surface area contributed by atoms with E-state index >= 15 is 0 Å². The summed E-state index contributed by atoms with van der Waals surface area (Å²) in [5.41, 5.74) is 1.95. The SMILES string of the molecule is COc1ccc(CC(=O)c2sccc2C)cn1. The lowest BCUT2D eigenvalue weighted by Crippen LogP contribution is -2.03. The van der Waals surface area contributed by atoms with Crippen molar-refractivity contribution in [2.45, 2.75) is 13.3 Å². The number of aryl methyl sites for hydroxylation is 1. The maximum absolute atomic E-state index is 12.0. The normalized spacial score (nSPS) is 10.2. The van der Waals surface area contributed by atoms with Crippen LogP contribution in [0.3, 0.4) is 0 Å². The first-order valence-corrected chi connectivity index (χ1v) is 6.15. The molecule has 0 bridgehead atoms. The molecule has 2 rings (SSSR count). The molecule has 2 heterocycles. The summed E-state index contributed by atoms with van der Waals surface area (Å²) in [5, 5.41) is 1.94. The van der Waals surface area contributed by atoms with Crippen molar-refractivity contribution in [3.63, 3.8) is 0 Å². The average Bonchev–Trinajstić information content (AvgIpc) is 2.76. The van der Waals surface area contributed by atoms with E-state index in [1.807, 2.05) is 24.4 Å². The van der Waals surface area contributed by atoms with E-state index in [9.17, 15) is 4.79 Å². The molecule has 0 spiro atoms. The van der Waals surface area contributed by atoms with Crippen LogP contribution in [0.4, 0.5) is 0 Å². The molecule has 0 aliphatic rings. The van der Waals surface area contributed by atoms with Gasteiger partial charge in [0.1, 0.15) is 0 Å². The van der Waals surface area contributed by atoms with Crippen LogP contribution in [0.5, 0.6) is 5.88 Å². The van der Waals surface area contributed by atoms with E-state index in [1.54, 1.807) is 19.4 Å². The molecule has 0 saturated carbocycles. The molecule has 0 atom stereocenters. The summed E-state index contributed by atoms with van der Waals surface area (Å²) >= 11 is 1.49. The Bertz CT molecular complexity index is 516. The van der Waals surface area contributed by atoms with Gasteiger partial charge in [-0.15, -0.1) is 11.3 Å². The van der Waals surface area contributed by atoms with Gasteiger partial charge in [-0.1, -0.05) is 6.07 Å². The molecule has 0 N–H and O–H groups in total. The van der Waals surface area contributed by atoms with Gasteiger partial charge < -0.3 is 4.74 Å². The predicted octanol–water partition coefficient (Wildman–Crippen LogP) is 2.89. The maximum atomic E-state index is 12.0. The molecule has 4 heteroatoms. The van der Waals surface area contributed by atoms with E-state index in [-0.39, 0.29) is 5.78 Å². The van der Waals surface area contributed by atoms with Crippen molar-refractivity contribution >= 4 is 17.1 Å². The standard InChI is InChI=1S/C13H13NO2S/c1-9-5-6-17-13(9)11(15)7-10-3-4-12(16-2)14-8-10/h3-6,8H,7H2,1-2H3. The summed E-state index contributed by atoms with van der Waals surface area (Å²) in [7, 11) is 1.57.